The van der Waals surface area contributed by atoms with Crippen molar-refractivity contribution in [2.45, 2.75) is 26.3 Å². The van der Waals surface area contributed by atoms with Crippen LogP contribution in [0.15, 0.2) is 84.1 Å². The van der Waals surface area contributed by atoms with E-state index in [0.29, 0.717) is 13.2 Å². The quantitative estimate of drug-likeness (QED) is 0.443. The topological polar surface area (TPSA) is 50.6 Å². The normalized spacial score (nSPS) is 11.4. The molecule has 0 radical (unpaired) electrons. The molecule has 0 unspecified atom stereocenters. The van der Waals surface area contributed by atoms with Crippen molar-refractivity contribution in [2.24, 2.45) is 4.99 Å². The number of aliphatic imine (C=N–C) groups is 1. The Hall–Kier alpha value is -3.05. The van der Waals surface area contributed by atoms with Crippen LogP contribution in [0.3, 0.4) is 0 Å². The van der Waals surface area contributed by atoms with E-state index < -0.39 is 0 Å². The third-order valence-electron chi connectivity index (χ3n) is 4.42. The molecule has 0 bridgehead atoms. The van der Waals surface area contributed by atoms with Gasteiger partial charge in [-0.05, 0) is 28.8 Å². The molecule has 0 atom stereocenters. The van der Waals surface area contributed by atoms with Crippen LogP contribution in [0.25, 0.3) is 0 Å². The number of nitrogens with one attached hydrogen (secondary N) is 2. The van der Waals surface area contributed by atoms with Gasteiger partial charge in [-0.15, -0.1) is 0 Å². The molecule has 5 nitrogen and oxygen atoms in total. The molecule has 0 spiro atoms. The zero-order valence-corrected chi connectivity index (χ0v) is 16.3. The second kappa shape index (κ2) is 10.9. The van der Waals surface area contributed by atoms with Gasteiger partial charge < -0.3 is 19.9 Å². The lowest BCUT2D eigenvalue weighted by Gasteiger charge is -2.12. The lowest BCUT2D eigenvalue weighted by Crippen LogP contribution is -2.38. The molecule has 146 valence electrons. The largest absolute Gasteiger partial charge is 0.372 e. The molecular weight excluding hydrogens is 348 g/mol. The van der Waals surface area contributed by atoms with Crippen LogP contribution in [-0.4, -0.2) is 24.1 Å². The van der Waals surface area contributed by atoms with E-state index in [9.17, 15) is 0 Å². The van der Waals surface area contributed by atoms with Crippen LogP contribution < -0.4 is 10.6 Å². The zero-order chi connectivity index (χ0) is 19.4. The van der Waals surface area contributed by atoms with E-state index in [1.54, 1.807) is 7.05 Å². The molecule has 2 N–H and O–H groups in total. The highest BCUT2D eigenvalue weighted by Gasteiger charge is 2.00. The fraction of sp³-hybridized carbons (Fsp3) is 0.261. The summed E-state index contributed by atoms with van der Waals surface area (Å²) in [4.78, 5) is 4.27. The summed E-state index contributed by atoms with van der Waals surface area (Å²) in [6.45, 7) is 3.71. The minimum Gasteiger partial charge on any atom is -0.372 e. The van der Waals surface area contributed by atoms with E-state index in [-0.39, 0.29) is 0 Å². The first-order valence-electron chi connectivity index (χ1n) is 9.58. The van der Waals surface area contributed by atoms with Crippen LogP contribution in [0.1, 0.15) is 16.7 Å². The van der Waals surface area contributed by atoms with Crippen molar-refractivity contribution in [3.8, 4) is 0 Å². The SMILES string of the molecule is CN=C(NCCn1cccc1)NCc1ccc(COCc2ccccc2)cc1. The Labute approximate surface area is 167 Å². The molecule has 2 aromatic carbocycles. The minimum absolute atomic E-state index is 0.616. The predicted octanol–water partition coefficient (Wildman–Crippen LogP) is 3.57. The fourth-order valence-corrected chi connectivity index (χ4v) is 2.84. The fourth-order valence-electron chi connectivity index (χ4n) is 2.84. The molecule has 0 fully saturated rings. The Kier molecular flexibility index (Phi) is 7.70. The van der Waals surface area contributed by atoms with Crippen molar-refractivity contribution in [3.05, 3.63) is 95.8 Å². The summed E-state index contributed by atoms with van der Waals surface area (Å²) in [5.41, 5.74) is 3.58. The molecule has 0 saturated carbocycles. The van der Waals surface area contributed by atoms with Gasteiger partial charge in [0.25, 0.3) is 0 Å². The van der Waals surface area contributed by atoms with Crippen molar-refractivity contribution >= 4 is 5.96 Å². The Morgan fingerprint density at radius 2 is 1.46 bits per heavy atom. The third-order valence-corrected chi connectivity index (χ3v) is 4.42. The third kappa shape index (κ3) is 6.59. The Morgan fingerprint density at radius 1 is 0.821 bits per heavy atom. The summed E-state index contributed by atoms with van der Waals surface area (Å²) >= 11 is 0. The van der Waals surface area contributed by atoms with Gasteiger partial charge in [0.05, 0.1) is 13.2 Å². The Bertz CT molecular complexity index is 827. The van der Waals surface area contributed by atoms with Gasteiger partial charge in [0.1, 0.15) is 0 Å². The van der Waals surface area contributed by atoms with E-state index in [2.05, 4.69) is 69.0 Å². The lowest BCUT2D eigenvalue weighted by atomic mass is 10.1. The molecule has 1 aromatic heterocycles. The smallest absolute Gasteiger partial charge is 0.191 e. The first-order chi connectivity index (χ1) is 13.8. The number of aromatic nitrogens is 1. The van der Waals surface area contributed by atoms with E-state index in [1.807, 2.05) is 30.3 Å². The maximum absolute atomic E-state index is 5.79. The summed E-state index contributed by atoms with van der Waals surface area (Å²) in [6, 6.07) is 22.8. The molecule has 5 heteroatoms. The zero-order valence-electron chi connectivity index (χ0n) is 16.3. The number of ether oxygens (including phenoxy) is 1. The van der Waals surface area contributed by atoms with Crippen molar-refractivity contribution in [3.63, 3.8) is 0 Å². The first kappa shape index (κ1) is 19.7. The number of benzene rings is 2. The summed E-state index contributed by atoms with van der Waals surface area (Å²) in [5.74, 6) is 0.808. The van der Waals surface area contributed by atoms with Gasteiger partial charge in [0.15, 0.2) is 5.96 Å². The van der Waals surface area contributed by atoms with Crippen molar-refractivity contribution in [2.75, 3.05) is 13.6 Å². The number of nitrogens with zero attached hydrogens (tertiary/aromatic N) is 2. The Balaban J connectivity index is 1.37. The maximum Gasteiger partial charge on any atom is 0.191 e. The van der Waals surface area contributed by atoms with Gasteiger partial charge in [-0.1, -0.05) is 54.6 Å². The molecule has 0 amide bonds. The monoisotopic (exact) mass is 376 g/mol. The molecule has 0 aliphatic carbocycles. The second-order valence-corrected chi connectivity index (χ2v) is 6.57. The summed E-state index contributed by atoms with van der Waals surface area (Å²) in [7, 11) is 1.79. The number of guanidine groups is 1. The van der Waals surface area contributed by atoms with Crippen LogP contribution >= 0.6 is 0 Å². The average Bonchev–Trinajstić information content (AvgIpc) is 3.26. The average molecular weight is 377 g/mol. The highest BCUT2D eigenvalue weighted by atomic mass is 16.5. The maximum atomic E-state index is 5.79. The standard InChI is InChI=1S/C23H28N4O/c1-24-23(25-13-16-27-14-5-6-15-27)26-17-20-9-11-22(12-10-20)19-28-18-21-7-3-2-4-8-21/h2-12,14-15H,13,16-19H2,1H3,(H2,24,25,26). The second-order valence-electron chi connectivity index (χ2n) is 6.57. The molecule has 28 heavy (non-hydrogen) atoms. The van der Waals surface area contributed by atoms with Crippen molar-refractivity contribution in [1.82, 2.24) is 15.2 Å². The lowest BCUT2D eigenvalue weighted by molar-refractivity contribution is 0.107. The number of hydrogen-bond donors (Lipinski definition) is 2. The molecule has 0 aliphatic heterocycles. The van der Waals surface area contributed by atoms with E-state index in [1.165, 1.54) is 16.7 Å². The minimum atomic E-state index is 0.616. The van der Waals surface area contributed by atoms with E-state index in [4.69, 9.17) is 4.74 Å². The number of rotatable bonds is 9. The highest BCUT2D eigenvalue weighted by Crippen LogP contribution is 2.08. The van der Waals surface area contributed by atoms with E-state index >= 15 is 0 Å². The van der Waals surface area contributed by atoms with Crippen LogP contribution in [0.4, 0.5) is 0 Å². The molecule has 3 aromatic rings. The van der Waals surface area contributed by atoms with Crippen LogP contribution in [0.5, 0.6) is 0 Å². The predicted molar refractivity (Wildman–Crippen MR) is 114 cm³/mol. The van der Waals surface area contributed by atoms with Gasteiger partial charge in [-0.2, -0.15) is 0 Å². The Morgan fingerprint density at radius 3 is 2.14 bits per heavy atom. The molecule has 0 saturated heterocycles. The van der Waals surface area contributed by atoms with Crippen molar-refractivity contribution in [1.29, 1.82) is 0 Å². The van der Waals surface area contributed by atoms with Crippen molar-refractivity contribution < 1.29 is 4.74 Å². The van der Waals surface area contributed by atoms with Gasteiger partial charge in [0, 0.05) is 39.1 Å². The van der Waals surface area contributed by atoms with Gasteiger partial charge in [-0.3, -0.25) is 4.99 Å². The molecule has 0 aliphatic rings. The molecule has 3 rings (SSSR count). The number of hydrogen-bond acceptors (Lipinski definition) is 2. The van der Waals surface area contributed by atoms with E-state index in [0.717, 1.165) is 25.6 Å². The summed E-state index contributed by atoms with van der Waals surface area (Å²) < 4.78 is 7.93. The van der Waals surface area contributed by atoms with Crippen LogP contribution in [0, 0.1) is 0 Å². The molecule has 1 heterocycles. The first-order valence-corrected chi connectivity index (χ1v) is 9.58. The van der Waals surface area contributed by atoms with Crippen LogP contribution in [0.2, 0.25) is 0 Å². The summed E-state index contributed by atoms with van der Waals surface area (Å²) in [6.07, 6.45) is 4.12. The van der Waals surface area contributed by atoms with Gasteiger partial charge >= 0.3 is 0 Å². The highest BCUT2D eigenvalue weighted by molar-refractivity contribution is 5.79. The molecular formula is C23H28N4O. The van der Waals surface area contributed by atoms with Crippen LogP contribution in [-0.2, 0) is 31.0 Å². The van der Waals surface area contributed by atoms with Gasteiger partial charge in [-0.25, -0.2) is 0 Å². The summed E-state index contributed by atoms with van der Waals surface area (Å²) in [5, 5.41) is 6.68. The van der Waals surface area contributed by atoms with Gasteiger partial charge in [0.2, 0.25) is 0 Å².